The molecule has 3 saturated heterocycles. The van der Waals surface area contributed by atoms with Crippen LogP contribution in [0, 0.1) is 11.1 Å². The molecule has 2 bridgehead atoms. The number of fused-ring (bicyclic) bond motifs is 3. The fourth-order valence-corrected chi connectivity index (χ4v) is 5.60. The molecule has 0 N–H and O–H groups in total. The van der Waals surface area contributed by atoms with Gasteiger partial charge in [-0.05, 0) is 42.4 Å². The minimum Gasteiger partial charge on any atom is -0.633 e. The van der Waals surface area contributed by atoms with Gasteiger partial charge in [0, 0.05) is 30.9 Å². The van der Waals surface area contributed by atoms with Crippen molar-refractivity contribution >= 4 is 5.91 Å². The van der Waals surface area contributed by atoms with E-state index < -0.39 is 0 Å². The molecule has 122 valence electrons. The zero-order valence-electron chi connectivity index (χ0n) is 13.5. The maximum Gasteiger partial charge on any atom is 0.254 e. The summed E-state index contributed by atoms with van der Waals surface area (Å²) in [5.74, 6) is 1.22. The summed E-state index contributed by atoms with van der Waals surface area (Å²) in [5, 5.41) is 12.7. The molecule has 0 radical (unpaired) electrons. The van der Waals surface area contributed by atoms with Crippen LogP contribution in [0.25, 0.3) is 0 Å². The smallest absolute Gasteiger partial charge is 0.254 e. The average Bonchev–Trinajstić information content (AvgIpc) is 2.58. The number of quaternary nitrogens is 1. The molecule has 4 heterocycles. The normalized spacial score (nSPS) is 38.6. The van der Waals surface area contributed by atoms with Gasteiger partial charge in [0.25, 0.3) is 5.91 Å². The molecule has 4 aliphatic heterocycles. The minimum atomic E-state index is -0.0670. The summed E-state index contributed by atoms with van der Waals surface area (Å²) < 4.78 is -0.0670. The lowest BCUT2D eigenvalue weighted by Crippen LogP contribution is -2.66. The predicted molar refractivity (Wildman–Crippen MR) is 87.9 cm³/mol. The Bertz CT molecular complexity index is 663. The van der Waals surface area contributed by atoms with E-state index in [1.54, 1.807) is 0 Å². The molecule has 0 unspecified atom stereocenters. The predicted octanol–water partition coefficient (Wildman–Crippen LogP) is 2.67. The molecule has 0 aromatic heterocycles. The lowest BCUT2D eigenvalue weighted by molar-refractivity contribution is -0.899. The third kappa shape index (κ3) is 2.01. The van der Waals surface area contributed by atoms with Crippen LogP contribution in [-0.2, 0) is 6.42 Å². The Hall–Kier alpha value is -1.39. The zero-order chi connectivity index (χ0) is 15.6. The Morgan fingerprint density at radius 1 is 1.17 bits per heavy atom. The molecule has 1 aromatic rings. The number of nitrogens with zero attached hydrogens (tertiary/aromatic N) is 2. The van der Waals surface area contributed by atoms with Gasteiger partial charge in [-0.2, -0.15) is 0 Å². The number of benzene rings is 1. The first-order chi connectivity index (χ1) is 11.1. The lowest BCUT2D eigenvalue weighted by atomic mass is 9.75. The van der Waals surface area contributed by atoms with Gasteiger partial charge in [0.15, 0.2) is 0 Å². The van der Waals surface area contributed by atoms with Crippen LogP contribution in [0.5, 0.6) is 0 Å². The molecule has 5 aliphatic rings. The van der Waals surface area contributed by atoms with Crippen LogP contribution in [0.15, 0.2) is 18.2 Å². The first kappa shape index (κ1) is 14.0. The first-order valence-electron chi connectivity index (χ1n) is 9.14. The fraction of sp³-hybridized carbons (Fsp3) is 0.632. The van der Waals surface area contributed by atoms with Crippen molar-refractivity contribution in [2.75, 3.05) is 26.2 Å². The Morgan fingerprint density at radius 2 is 2.00 bits per heavy atom. The molecular formula is C19H24N2O2. The zero-order valence-corrected chi connectivity index (χ0v) is 13.5. The van der Waals surface area contributed by atoms with Gasteiger partial charge in [-0.15, -0.1) is 0 Å². The van der Waals surface area contributed by atoms with Crippen molar-refractivity contribution in [2.24, 2.45) is 5.92 Å². The van der Waals surface area contributed by atoms with Crippen molar-refractivity contribution < 1.29 is 9.44 Å². The summed E-state index contributed by atoms with van der Waals surface area (Å²) >= 11 is 0. The minimum absolute atomic E-state index is 0.0670. The lowest BCUT2D eigenvalue weighted by Gasteiger charge is -2.58. The second kappa shape index (κ2) is 4.81. The monoisotopic (exact) mass is 312 g/mol. The van der Waals surface area contributed by atoms with E-state index in [4.69, 9.17) is 0 Å². The number of hydrogen-bond acceptors (Lipinski definition) is 2. The van der Waals surface area contributed by atoms with Gasteiger partial charge in [-0.1, -0.05) is 12.1 Å². The Morgan fingerprint density at radius 3 is 2.78 bits per heavy atom. The second-order valence-electron chi connectivity index (χ2n) is 8.02. The van der Waals surface area contributed by atoms with E-state index in [-0.39, 0.29) is 16.6 Å². The SMILES string of the molecule is O=C1c2cccc3c2[C@H](CCC3)CN1[C@H]1C[N+]2([O-])CCC1CC2. The highest BCUT2D eigenvalue weighted by Gasteiger charge is 2.47. The number of piperidine rings is 3. The molecule has 4 nitrogen and oxygen atoms in total. The van der Waals surface area contributed by atoms with E-state index in [1.807, 2.05) is 12.1 Å². The molecule has 1 aliphatic carbocycles. The van der Waals surface area contributed by atoms with Crippen molar-refractivity contribution in [1.29, 1.82) is 0 Å². The van der Waals surface area contributed by atoms with Gasteiger partial charge in [-0.3, -0.25) is 4.79 Å². The van der Waals surface area contributed by atoms with E-state index in [2.05, 4.69) is 11.0 Å². The van der Waals surface area contributed by atoms with Crippen molar-refractivity contribution in [3.05, 3.63) is 40.1 Å². The molecule has 0 saturated carbocycles. The van der Waals surface area contributed by atoms with Crippen LogP contribution in [0.4, 0.5) is 0 Å². The topological polar surface area (TPSA) is 43.4 Å². The highest BCUT2D eigenvalue weighted by molar-refractivity contribution is 5.97. The summed E-state index contributed by atoms with van der Waals surface area (Å²) in [4.78, 5) is 15.2. The number of hydroxylamine groups is 3. The van der Waals surface area contributed by atoms with Crippen molar-refractivity contribution in [1.82, 2.24) is 4.90 Å². The molecule has 3 fully saturated rings. The third-order valence-corrected chi connectivity index (χ3v) is 6.79. The van der Waals surface area contributed by atoms with Gasteiger partial charge < -0.3 is 14.8 Å². The van der Waals surface area contributed by atoms with Crippen molar-refractivity contribution in [3.8, 4) is 0 Å². The number of amides is 1. The van der Waals surface area contributed by atoms with E-state index in [9.17, 15) is 10.0 Å². The van der Waals surface area contributed by atoms with Gasteiger partial charge in [-0.25, -0.2) is 0 Å². The van der Waals surface area contributed by atoms with Crippen LogP contribution in [0.1, 0.15) is 53.1 Å². The fourth-order valence-electron chi connectivity index (χ4n) is 5.60. The Kier molecular flexibility index (Phi) is 2.92. The maximum absolute atomic E-state index is 13.2. The second-order valence-corrected chi connectivity index (χ2v) is 8.02. The van der Waals surface area contributed by atoms with Crippen LogP contribution < -0.4 is 0 Å². The summed E-state index contributed by atoms with van der Waals surface area (Å²) in [6, 6.07) is 6.41. The molecule has 1 aromatic carbocycles. The molecule has 0 spiro atoms. The number of carbonyl (C=O) groups is 1. The van der Waals surface area contributed by atoms with Gasteiger partial charge in [0.05, 0.1) is 25.7 Å². The summed E-state index contributed by atoms with van der Waals surface area (Å²) in [6.07, 6.45) is 5.51. The molecule has 23 heavy (non-hydrogen) atoms. The van der Waals surface area contributed by atoms with Crippen LogP contribution in [-0.4, -0.2) is 47.7 Å². The highest BCUT2D eigenvalue weighted by atomic mass is 16.5. The van der Waals surface area contributed by atoms with Crippen molar-refractivity contribution in [3.63, 3.8) is 0 Å². The number of carbonyl (C=O) groups excluding carboxylic acids is 1. The average molecular weight is 312 g/mol. The van der Waals surface area contributed by atoms with Crippen molar-refractivity contribution in [2.45, 2.75) is 44.1 Å². The Labute approximate surface area is 137 Å². The highest BCUT2D eigenvalue weighted by Crippen LogP contribution is 2.42. The van der Waals surface area contributed by atoms with E-state index >= 15 is 0 Å². The van der Waals surface area contributed by atoms with Gasteiger partial charge >= 0.3 is 0 Å². The van der Waals surface area contributed by atoms with Gasteiger partial charge in [0.2, 0.25) is 0 Å². The maximum atomic E-state index is 13.2. The summed E-state index contributed by atoms with van der Waals surface area (Å²) in [7, 11) is 0. The summed E-state index contributed by atoms with van der Waals surface area (Å²) in [5.41, 5.74) is 3.63. The molecule has 4 heteroatoms. The van der Waals surface area contributed by atoms with E-state index in [0.717, 1.165) is 44.5 Å². The quantitative estimate of drug-likeness (QED) is 0.591. The first-order valence-corrected chi connectivity index (χ1v) is 9.14. The molecule has 6 rings (SSSR count). The Balaban J connectivity index is 1.53. The molecular weight excluding hydrogens is 288 g/mol. The third-order valence-electron chi connectivity index (χ3n) is 6.79. The van der Waals surface area contributed by atoms with E-state index in [0.29, 0.717) is 18.4 Å². The van der Waals surface area contributed by atoms with Crippen LogP contribution in [0.3, 0.4) is 0 Å². The number of aryl methyl sites for hydroxylation is 1. The standard InChI is InChI=1S/C19H24N2O2/c22-19-16-6-2-4-14-3-1-5-15(18(14)16)11-20(19)17-12-21(23)9-7-13(17)8-10-21/h2,4,6,13,15,17H,1,3,5,7-12H2/t13?,15-,17+,21?/m1/s1. The number of rotatable bonds is 1. The van der Waals surface area contributed by atoms with Crippen LogP contribution in [0.2, 0.25) is 0 Å². The van der Waals surface area contributed by atoms with Crippen LogP contribution >= 0.6 is 0 Å². The summed E-state index contributed by atoms with van der Waals surface area (Å²) in [6.45, 7) is 2.98. The van der Waals surface area contributed by atoms with E-state index in [1.165, 1.54) is 24.0 Å². The molecule has 1 amide bonds. The number of hydrogen-bond donors (Lipinski definition) is 0. The largest absolute Gasteiger partial charge is 0.633 e. The molecule has 2 atom stereocenters. The van der Waals surface area contributed by atoms with Gasteiger partial charge in [0.1, 0.15) is 0 Å².